The number of benzene rings is 2. The van der Waals surface area contributed by atoms with Crippen molar-refractivity contribution in [2.45, 2.75) is 42.4 Å². The van der Waals surface area contributed by atoms with Crippen LogP contribution in [0, 0.1) is 0 Å². The van der Waals surface area contributed by atoms with E-state index in [4.69, 9.17) is 16.3 Å². The molecule has 4 rings (SSSR count). The van der Waals surface area contributed by atoms with E-state index in [9.17, 15) is 26.4 Å². The molecule has 1 saturated heterocycles. The summed E-state index contributed by atoms with van der Waals surface area (Å²) in [7, 11) is -3.84. The van der Waals surface area contributed by atoms with E-state index >= 15 is 0 Å². The lowest BCUT2D eigenvalue weighted by Gasteiger charge is -2.23. The highest BCUT2D eigenvalue weighted by molar-refractivity contribution is 7.91. The highest BCUT2D eigenvalue weighted by atomic mass is 35.5. The SMILES string of the molecule is O=C(NCc1ccccc1COc1ccc(C(F)(F)F)cc1)[C@@H]1CCCN1S(=O)(=O)c1ccc(Cl)s1. The van der Waals surface area contributed by atoms with Crippen molar-refractivity contribution < 1.29 is 31.1 Å². The number of sulfonamides is 1. The number of nitrogens with one attached hydrogen (secondary N) is 1. The zero-order valence-electron chi connectivity index (χ0n) is 18.8. The first-order valence-corrected chi connectivity index (χ1v) is 13.6. The molecule has 12 heteroatoms. The Morgan fingerprint density at radius 3 is 2.42 bits per heavy atom. The molecule has 1 aliphatic rings. The van der Waals surface area contributed by atoms with E-state index < -0.39 is 33.7 Å². The van der Waals surface area contributed by atoms with Crippen LogP contribution in [-0.4, -0.2) is 31.2 Å². The second kappa shape index (κ2) is 10.8. The van der Waals surface area contributed by atoms with Crippen LogP contribution in [0.1, 0.15) is 29.5 Å². The monoisotopic (exact) mass is 558 g/mol. The largest absolute Gasteiger partial charge is 0.489 e. The molecule has 1 N–H and O–H groups in total. The van der Waals surface area contributed by atoms with Gasteiger partial charge in [0.05, 0.1) is 9.90 Å². The van der Waals surface area contributed by atoms with E-state index in [2.05, 4.69) is 5.32 Å². The van der Waals surface area contributed by atoms with Crippen molar-refractivity contribution in [3.05, 3.63) is 81.7 Å². The molecule has 0 aliphatic carbocycles. The maximum absolute atomic E-state index is 13.0. The number of nitrogens with zero attached hydrogens (tertiary/aromatic N) is 1. The molecule has 36 heavy (non-hydrogen) atoms. The summed E-state index contributed by atoms with van der Waals surface area (Å²) in [6.45, 7) is 0.467. The third kappa shape index (κ3) is 6.03. The summed E-state index contributed by atoms with van der Waals surface area (Å²) in [5.74, 6) is -0.125. The molecule has 1 fully saturated rings. The number of carbonyl (C=O) groups is 1. The summed E-state index contributed by atoms with van der Waals surface area (Å²) in [4.78, 5) is 13.0. The maximum atomic E-state index is 13.0. The average molecular weight is 559 g/mol. The summed E-state index contributed by atoms with van der Waals surface area (Å²) < 4.78 is 71.5. The highest BCUT2D eigenvalue weighted by Crippen LogP contribution is 2.33. The van der Waals surface area contributed by atoms with Gasteiger partial charge in [0, 0.05) is 13.1 Å². The first-order valence-electron chi connectivity index (χ1n) is 11.0. The lowest BCUT2D eigenvalue weighted by molar-refractivity contribution is -0.137. The minimum atomic E-state index is -4.42. The van der Waals surface area contributed by atoms with Crippen LogP contribution in [0.5, 0.6) is 5.75 Å². The van der Waals surface area contributed by atoms with Gasteiger partial charge in [-0.25, -0.2) is 8.42 Å². The molecule has 2 aromatic carbocycles. The highest BCUT2D eigenvalue weighted by Gasteiger charge is 2.40. The van der Waals surface area contributed by atoms with Crippen molar-refractivity contribution in [3.8, 4) is 5.75 Å². The molecule has 0 unspecified atom stereocenters. The Bertz CT molecular complexity index is 1330. The van der Waals surface area contributed by atoms with Gasteiger partial charge in [-0.2, -0.15) is 17.5 Å². The van der Waals surface area contributed by atoms with Crippen molar-refractivity contribution in [2.24, 2.45) is 0 Å². The molecule has 1 atom stereocenters. The number of carbonyl (C=O) groups excluding carboxylic acids is 1. The number of thiophene rings is 1. The number of rotatable bonds is 8. The topological polar surface area (TPSA) is 75.7 Å². The average Bonchev–Trinajstić information content (AvgIpc) is 3.52. The van der Waals surface area contributed by atoms with Crippen LogP contribution < -0.4 is 10.1 Å². The lowest BCUT2D eigenvalue weighted by Crippen LogP contribution is -2.45. The van der Waals surface area contributed by atoms with Gasteiger partial charge in [-0.3, -0.25) is 4.79 Å². The first kappa shape index (κ1) is 26.5. The van der Waals surface area contributed by atoms with Crippen molar-refractivity contribution in [1.82, 2.24) is 9.62 Å². The summed E-state index contributed by atoms with van der Waals surface area (Å²) in [5, 5.41) is 2.81. The minimum Gasteiger partial charge on any atom is -0.489 e. The number of amides is 1. The third-order valence-corrected chi connectivity index (χ3v) is 9.37. The van der Waals surface area contributed by atoms with Gasteiger partial charge in [0.2, 0.25) is 5.91 Å². The van der Waals surface area contributed by atoms with Crippen LogP contribution >= 0.6 is 22.9 Å². The fraction of sp³-hybridized carbons (Fsp3) is 0.292. The Kier molecular flexibility index (Phi) is 7.93. The molecule has 2 heterocycles. The fourth-order valence-electron chi connectivity index (χ4n) is 3.91. The van der Waals surface area contributed by atoms with Crippen LogP contribution in [0.2, 0.25) is 4.34 Å². The van der Waals surface area contributed by atoms with Crippen LogP contribution in [0.25, 0.3) is 0 Å². The first-order chi connectivity index (χ1) is 17.1. The van der Waals surface area contributed by atoms with E-state index in [1.807, 2.05) is 0 Å². The van der Waals surface area contributed by atoms with E-state index in [0.29, 0.717) is 17.2 Å². The van der Waals surface area contributed by atoms with Gasteiger partial charge in [0.1, 0.15) is 22.6 Å². The summed E-state index contributed by atoms with van der Waals surface area (Å²) in [6.07, 6.45) is -3.45. The second-order valence-corrected chi connectivity index (χ2v) is 12.0. The van der Waals surface area contributed by atoms with Crippen molar-refractivity contribution in [3.63, 3.8) is 0 Å². The van der Waals surface area contributed by atoms with E-state index in [1.54, 1.807) is 24.3 Å². The van der Waals surface area contributed by atoms with Gasteiger partial charge in [0.25, 0.3) is 10.0 Å². The summed E-state index contributed by atoms with van der Waals surface area (Å²) in [6, 6.07) is 13.7. The zero-order valence-corrected chi connectivity index (χ0v) is 21.2. The molecular formula is C24H22ClF3N2O4S2. The molecule has 6 nitrogen and oxygen atoms in total. The standard InChI is InChI=1S/C24H22ClF3N2O4S2/c25-21-11-12-22(35-21)36(32,33)30-13-3-6-20(30)23(31)29-14-16-4-1-2-5-17(16)15-34-19-9-7-18(8-10-19)24(26,27)28/h1-2,4-5,7-12,20H,3,6,13-15H2,(H,29,31)/t20-/m0/s1. The quantitative estimate of drug-likeness (QED) is 0.398. The minimum absolute atomic E-state index is 0.0838. The zero-order chi connectivity index (χ0) is 25.9. The Morgan fingerprint density at radius 1 is 1.08 bits per heavy atom. The predicted octanol–water partition coefficient (Wildman–Crippen LogP) is 5.47. The Balaban J connectivity index is 1.39. The van der Waals surface area contributed by atoms with Crippen LogP contribution in [0.15, 0.2) is 64.9 Å². The van der Waals surface area contributed by atoms with Crippen LogP contribution in [-0.2, 0) is 34.1 Å². The third-order valence-electron chi connectivity index (χ3n) is 5.77. The molecule has 0 bridgehead atoms. The number of hydrogen-bond acceptors (Lipinski definition) is 5. The summed E-state index contributed by atoms with van der Waals surface area (Å²) in [5.41, 5.74) is 0.722. The molecule has 1 aromatic heterocycles. The smallest absolute Gasteiger partial charge is 0.416 e. The fourth-order valence-corrected chi connectivity index (χ4v) is 7.18. The van der Waals surface area contributed by atoms with Crippen molar-refractivity contribution in [2.75, 3.05) is 6.54 Å². The van der Waals surface area contributed by atoms with Crippen LogP contribution in [0.4, 0.5) is 13.2 Å². The molecule has 3 aromatic rings. The number of halogens is 4. The maximum Gasteiger partial charge on any atom is 0.416 e. The Labute approximate surface area is 215 Å². The van der Waals surface area contributed by atoms with Crippen molar-refractivity contribution >= 4 is 38.9 Å². The molecular weight excluding hydrogens is 537 g/mol. The predicted molar refractivity (Wildman–Crippen MR) is 130 cm³/mol. The second-order valence-electron chi connectivity index (χ2n) is 8.13. The van der Waals surface area contributed by atoms with Gasteiger partial charge in [-0.15, -0.1) is 11.3 Å². The number of ether oxygens (including phenoxy) is 1. The lowest BCUT2D eigenvalue weighted by atomic mass is 10.1. The number of alkyl halides is 3. The van der Waals surface area contributed by atoms with E-state index in [1.165, 1.54) is 28.6 Å². The van der Waals surface area contributed by atoms with Crippen LogP contribution in [0.3, 0.4) is 0 Å². The molecule has 0 spiro atoms. The molecule has 1 amide bonds. The Hall–Kier alpha value is -2.60. The van der Waals surface area contributed by atoms with E-state index in [-0.39, 0.29) is 29.7 Å². The molecule has 0 saturated carbocycles. The van der Waals surface area contributed by atoms with Gasteiger partial charge < -0.3 is 10.1 Å². The summed E-state index contributed by atoms with van der Waals surface area (Å²) >= 11 is 6.84. The van der Waals surface area contributed by atoms with Gasteiger partial charge in [0.15, 0.2) is 0 Å². The van der Waals surface area contributed by atoms with E-state index in [0.717, 1.165) is 34.6 Å². The van der Waals surface area contributed by atoms with Gasteiger partial charge in [-0.05, 0) is 60.4 Å². The Morgan fingerprint density at radius 2 is 1.78 bits per heavy atom. The van der Waals surface area contributed by atoms with Crippen molar-refractivity contribution in [1.29, 1.82) is 0 Å². The molecule has 1 aliphatic heterocycles. The van der Waals surface area contributed by atoms with Gasteiger partial charge in [-0.1, -0.05) is 35.9 Å². The van der Waals surface area contributed by atoms with Gasteiger partial charge >= 0.3 is 6.18 Å². The number of hydrogen-bond donors (Lipinski definition) is 1. The molecule has 192 valence electrons. The molecule has 0 radical (unpaired) electrons. The normalized spacial score (nSPS) is 16.7.